The third-order valence-electron chi connectivity index (χ3n) is 7.95. The fraction of sp³-hybridized carbons (Fsp3) is 0.452. The largest absolute Gasteiger partial charge is 0.370 e. The van der Waals surface area contributed by atoms with Gasteiger partial charge in [0, 0.05) is 37.7 Å². The van der Waals surface area contributed by atoms with Crippen LogP contribution in [0.15, 0.2) is 49.3 Å². The van der Waals surface area contributed by atoms with E-state index in [2.05, 4.69) is 66.2 Å². The zero-order chi connectivity index (χ0) is 31.4. The number of pyridine rings is 1. The van der Waals surface area contributed by atoms with Gasteiger partial charge in [0.05, 0.1) is 52.8 Å². The van der Waals surface area contributed by atoms with E-state index < -0.39 is 16.7 Å². The second-order valence-corrected chi connectivity index (χ2v) is 13.9. The first-order chi connectivity index (χ1) is 21.8. The normalized spacial score (nSPS) is 16.9. The van der Waals surface area contributed by atoms with Gasteiger partial charge in [-0.2, -0.15) is 14.3 Å². The maximum atomic E-state index is 12.8. The molecule has 0 spiro atoms. The third-order valence-corrected chi connectivity index (χ3v) is 9.99. The lowest BCUT2D eigenvalue weighted by atomic mass is 9.94. The maximum absolute atomic E-state index is 12.8. The number of anilines is 3. The zero-order valence-electron chi connectivity index (χ0n) is 25.5. The number of piperidine rings is 1. The minimum atomic E-state index is -3.48. The number of nitrogens with one attached hydrogen (secondary N) is 1. The van der Waals surface area contributed by atoms with Gasteiger partial charge < -0.3 is 15.1 Å². The molecule has 236 valence electrons. The Labute approximate surface area is 262 Å². The van der Waals surface area contributed by atoms with Crippen LogP contribution < -0.4 is 10.2 Å². The van der Waals surface area contributed by atoms with Crippen LogP contribution in [0.5, 0.6) is 0 Å². The summed E-state index contributed by atoms with van der Waals surface area (Å²) in [5, 5.41) is 11.2. The van der Waals surface area contributed by atoms with Crippen molar-refractivity contribution in [3.05, 3.63) is 60.4 Å². The van der Waals surface area contributed by atoms with Gasteiger partial charge in [-0.25, -0.2) is 27.8 Å². The first-order valence-corrected chi connectivity index (χ1v) is 16.7. The molecule has 1 saturated carbocycles. The van der Waals surface area contributed by atoms with Crippen LogP contribution in [-0.4, -0.2) is 92.9 Å². The lowest BCUT2D eigenvalue weighted by Crippen LogP contribution is -2.37. The Morgan fingerprint density at radius 3 is 2.73 bits per heavy atom. The van der Waals surface area contributed by atoms with Crippen LogP contribution in [0.25, 0.3) is 11.4 Å². The molecule has 1 N–H and O–H groups in total. The highest BCUT2D eigenvalue weighted by Crippen LogP contribution is 2.31. The van der Waals surface area contributed by atoms with Crippen molar-refractivity contribution in [2.45, 2.75) is 43.9 Å². The first-order valence-electron chi connectivity index (χ1n) is 15.2. The average Bonchev–Trinajstić information content (AvgIpc) is 3.61. The molecule has 1 atom stereocenters. The molecule has 4 aromatic rings. The molecule has 4 aromatic heterocycles. The summed E-state index contributed by atoms with van der Waals surface area (Å²) < 4.78 is 40.5. The van der Waals surface area contributed by atoms with Crippen molar-refractivity contribution < 1.29 is 12.8 Å². The average molecular weight is 633 g/mol. The van der Waals surface area contributed by atoms with Crippen LogP contribution in [0.3, 0.4) is 0 Å². The number of rotatable bonds is 11. The molecule has 5 heterocycles. The smallest absolute Gasteiger partial charge is 0.256 e. The van der Waals surface area contributed by atoms with Gasteiger partial charge in [-0.3, -0.25) is 4.68 Å². The maximum Gasteiger partial charge on any atom is 0.256 e. The van der Waals surface area contributed by atoms with Crippen LogP contribution in [0.4, 0.5) is 21.7 Å². The summed E-state index contributed by atoms with van der Waals surface area (Å²) in [6.07, 6.45) is 14.4. The molecule has 12 nitrogen and oxygen atoms in total. The van der Waals surface area contributed by atoms with Crippen molar-refractivity contribution in [1.82, 2.24) is 38.8 Å². The summed E-state index contributed by atoms with van der Waals surface area (Å²) in [6, 6.07) is 3.73. The Morgan fingerprint density at radius 2 is 1.93 bits per heavy atom. The molecular weight excluding hydrogens is 595 g/mol. The summed E-state index contributed by atoms with van der Waals surface area (Å²) >= 11 is 0. The predicted molar refractivity (Wildman–Crippen MR) is 170 cm³/mol. The highest BCUT2D eigenvalue weighted by molar-refractivity contribution is 7.90. The fourth-order valence-corrected chi connectivity index (χ4v) is 6.86. The number of halogens is 1. The molecule has 0 radical (unpaired) electrons. The van der Waals surface area contributed by atoms with Crippen molar-refractivity contribution in [1.29, 1.82) is 0 Å². The number of alkyl halides is 1. The summed E-state index contributed by atoms with van der Waals surface area (Å²) in [4.78, 5) is 18.2. The van der Waals surface area contributed by atoms with E-state index in [9.17, 15) is 12.8 Å². The number of hydrogen-bond donors (Lipinski definition) is 1. The van der Waals surface area contributed by atoms with E-state index >= 15 is 0 Å². The molecule has 1 aliphatic carbocycles. The lowest BCUT2D eigenvalue weighted by Gasteiger charge is -2.35. The Kier molecular flexibility index (Phi) is 9.09. The quantitative estimate of drug-likeness (QED) is 0.245. The molecule has 1 unspecified atom stereocenters. The predicted octanol–water partition coefficient (Wildman–Crippen LogP) is 3.55. The summed E-state index contributed by atoms with van der Waals surface area (Å²) in [5.74, 6) is 8.47. The number of aryl methyl sites for hydroxylation is 1. The monoisotopic (exact) mass is 632 g/mol. The van der Waals surface area contributed by atoms with E-state index in [0.29, 0.717) is 47.3 Å². The molecule has 0 amide bonds. The van der Waals surface area contributed by atoms with Gasteiger partial charge in [-0.1, -0.05) is 11.8 Å². The standard InChI is InChI=1S/C31H37FN10O2S/c1-39(2)14-10-23-4-3-13-40(20-23)28-16-30(34-18-25(28)6-5-24-17-35-41(21-24)15-11-32)37-29-9-12-33-31(38-29)26-19-36-42(22-26)45(43,44)27-7-8-27/h9,12,16-19,21-23,27H,3-4,7-8,10-11,13-15,20H2,1-2H3,(H,33,34,37,38). The fourth-order valence-electron chi connectivity index (χ4n) is 5.38. The van der Waals surface area contributed by atoms with E-state index in [-0.39, 0.29) is 11.8 Å². The van der Waals surface area contributed by atoms with E-state index in [0.717, 1.165) is 47.8 Å². The molecule has 1 saturated heterocycles. The van der Waals surface area contributed by atoms with E-state index in [1.54, 1.807) is 35.5 Å². The van der Waals surface area contributed by atoms with Gasteiger partial charge >= 0.3 is 0 Å². The second-order valence-electron chi connectivity index (χ2n) is 11.8. The third kappa shape index (κ3) is 7.49. The highest BCUT2D eigenvalue weighted by Gasteiger charge is 2.37. The summed E-state index contributed by atoms with van der Waals surface area (Å²) in [5.41, 5.74) is 2.99. The molecule has 1 aliphatic heterocycles. The van der Waals surface area contributed by atoms with Gasteiger partial charge in [0.1, 0.15) is 18.3 Å². The summed E-state index contributed by atoms with van der Waals surface area (Å²) in [6.45, 7) is 2.59. The van der Waals surface area contributed by atoms with E-state index in [1.807, 2.05) is 6.07 Å². The molecular formula is C31H37FN10O2S. The van der Waals surface area contributed by atoms with Crippen LogP contribution >= 0.6 is 0 Å². The highest BCUT2D eigenvalue weighted by atomic mass is 32.2. The topological polar surface area (TPSA) is 127 Å². The molecule has 2 aliphatic rings. The van der Waals surface area contributed by atoms with Crippen LogP contribution in [-0.2, 0) is 16.6 Å². The minimum absolute atomic E-state index is 0.198. The van der Waals surface area contributed by atoms with Crippen LogP contribution in [0.2, 0.25) is 0 Å². The Bertz CT molecular complexity index is 1810. The van der Waals surface area contributed by atoms with Crippen LogP contribution in [0.1, 0.15) is 43.2 Å². The van der Waals surface area contributed by atoms with Gasteiger partial charge in [-0.15, -0.1) is 0 Å². The van der Waals surface area contributed by atoms with Crippen molar-refractivity contribution in [3.8, 4) is 23.2 Å². The van der Waals surface area contributed by atoms with E-state index in [4.69, 9.17) is 0 Å². The minimum Gasteiger partial charge on any atom is -0.370 e. The van der Waals surface area contributed by atoms with Gasteiger partial charge in [0.25, 0.3) is 10.0 Å². The molecule has 2 fully saturated rings. The SMILES string of the molecule is CN(C)CCC1CCCN(c2cc(Nc3ccnc(-c4cnn(S(=O)(=O)C5CC5)c4)n3)ncc2C#Cc2cnn(CCF)c2)C1. The Balaban J connectivity index is 1.26. The van der Waals surface area contributed by atoms with Crippen molar-refractivity contribution in [3.63, 3.8) is 0 Å². The van der Waals surface area contributed by atoms with Gasteiger partial charge in [0.15, 0.2) is 5.82 Å². The van der Waals surface area contributed by atoms with Crippen molar-refractivity contribution in [2.24, 2.45) is 5.92 Å². The molecule has 45 heavy (non-hydrogen) atoms. The first kappa shape index (κ1) is 30.7. The molecule has 0 bridgehead atoms. The van der Waals surface area contributed by atoms with Crippen LogP contribution in [0, 0.1) is 17.8 Å². The second kappa shape index (κ2) is 13.3. The Morgan fingerprint density at radius 1 is 1.07 bits per heavy atom. The number of nitrogens with zero attached hydrogens (tertiary/aromatic N) is 9. The molecule has 14 heteroatoms. The lowest BCUT2D eigenvalue weighted by molar-refractivity contribution is 0.319. The Hall–Kier alpha value is -4.35. The van der Waals surface area contributed by atoms with Gasteiger partial charge in [0.2, 0.25) is 0 Å². The van der Waals surface area contributed by atoms with E-state index in [1.165, 1.54) is 18.8 Å². The van der Waals surface area contributed by atoms with Crippen molar-refractivity contribution in [2.75, 3.05) is 50.6 Å². The number of aromatic nitrogens is 7. The molecule has 0 aromatic carbocycles. The van der Waals surface area contributed by atoms with Crippen molar-refractivity contribution >= 4 is 27.3 Å². The number of hydrogen-bond acceptors (Lipinski definition) is 10. The van der Waals surface area contributed by atoms with Gasteiger partial charge in [-0.05, 0) is 64.7 Å². The summed E-state index contributed by atoms with van der Waals surface area (Å²) in [7, 11) is 0.724. The zero-order valence-corrected chi connectivity index (χ0v) is 26.3. The molecule has 6 rings (SSSR count).